The quantitative estimate of drug-likeness (QED) is 0.624. The van der Waals surface area contributed by atoms with Gasteiger partial charge in [-0.2, -0.15) is 12.6 Å². The molecule has 4 heteroatoms. The van der Waals surface area contributed by atoms with Crippen LogP contribution in [0, 0.1) is 0 Å². The first-order valence-corrected chi connectivity index (χ1v) is 3.60. The van der Waals surface area contributed by atoms with Gasteiger partial charge >= 0.3 is 0 Å². The van der Waals surface area contributed by atoms with Gasteiger partial charge in [-0.1, -0.05) is 0 Å². The fraction of sp³-hybridized carbons (Fsp3) is 0.333. The van der Waals surface area contributed by atoms with Crippen molar-refractivity contribution in [3.63, 3.8) is 0 Å². The van der Waals surface area contributed by atoms with Gasteiger partial charge in [0.15, 0.2) is 0 Å². The summed E-state index contributed by atoms with van der Waals surface area (Å²) in [4.78, 5) is 8.11. The molecule has 54 valence electrons. The molecule has 0 fully saturated rings. The van der Waals surface area contributed by atoms with Gasteiger partial charge in [-0.3, -0.25) is 4.98 Å². The van der Waals surface area contributed by atoms with E-state index in [0.29, 0.717) is 5.75 Å². The van der Waals surface area contributed by atoms with Gasteiger partial charge in [0.25, 0.3) is 0 Å². The van der Waals surface area contributed by atoms with Crippen molar-refractivity contribution in [1.29, 1.82) is 0 Å². The molecule has 0 aliphatic carbocycles. The predicted molar refractivity (Wildman–Crippen MR) is 44.3 cm³/mol. The molecule has 0 bridgehead atoms. The van der Waals surface area contributed by atoms with Crippen molar-refractivity contribution in [2.24, 2.45) is 0 Å². The zero-order valence-electron chi connectivity index (χ0n) is 5.70. The first-order chi connectivity index (χ1) is 4.88. The molecule has 10 heavy (non-hydrogen) atoms. The Morgan fingerprint density at radius 2 is 2.20 bits per heavy atom. The van der Waals surface area contributed by atoms with Crippen LogP contribution in [0.15, 0.2) is 12.4 Å². The van der Waals surface area contributed by atoms with Crippen LogP contribution in [0.25, 0.3) is 0 Å². The van der Waals surface area contributed by atoms with Crippen LogP contribution in [0.4, 0.5) is 5.82 Å². The predicted octanol–water partition coefficient (Wildman–Crippen LogP) is 0.948. The van der Waals surface area contributed by atoms with E-state index in [0.717, 1.165) is 11.5 Å². The van der Waals surface area contributed by atoms with Crippen molar-refractivity contribution < 1.29 is 0 Å². The number of hydrogen-bond donors (Lipinski definition) is 2. The molecule has 0 amide bonds. The Hall–Kier alpha value is -0.770. The molecule has 0 saturated carbocycles. The molecule has 0 saturated heterocycles. The van der Waals surface area contributed by atoms with E-state index in [1.165, 1.54) is 0 Å². The van der Waals surface area contributed by atoms with Gasteiger partial charge in [-0.25, -0.2) is 4.98 Å². The Balaban J connectivity index is 2.96. The highest BCUT2D eigenvalue weighted by atomic mass is 32.1. The van der Waals surface area contributed by atoms with Crippen LogP contribution >= 0.6 is 12.6 Å². The second-order valence-electron chi connectivity index (χ2n) is 1.76. The lowest BCUT2D eigenvalue weighted by Gasteiger charge is -2.01. The summed E-state index contributed by atoms with van der Waals surface area (Å²) in [5.74, 6) is 1.42. The van der Waals surface area contributed by atoms with Gasteiger partial charge in [0.2, 0.25) is 0 Å². The minimum atomic E-state index is 0.615. The Bertz CT molecular complexity index is 191. The van der Waals surface area contributed by atoms with Crippen molar-refractivity contribution in [2.75, 3.05) is 12.4 Å². The molecule has 0 aliphatic heterocycles. The molecule has 0 spiro atoms. The van der Waals surface area contributed by atoms with E-state index in [-0.39, 0.29) is 0 Å². The summed E-state index contributed by atoms with van der Waals surface area (Å²) in [6, 6.07) is 0. The van der Waals surface area contributed by atoms with E-state index >= 15 is 0 Å². The van der Waals surface area contributed by atoms with Gasteiger partial charge in [-0.15, -0.1) is 0 Å². The Morgan fingerprint density at radius 3 is 2.70 bits per heavy atom. The number of aromatic nitrogens is 2. The molecule has 1 N–H and O–H groups in total. The van der Waals surface area contributed by atoms with Crippen LogP contribution in [0.5, 0.6) is 0 Å². The lowest BCUT2D eigenvalue weighted by molar-refractivity contribution is 1.10. The van der Waals surface area contributed by atoms with E-state index in [9.17, 15) is 0 Å². The summed E-state index contributed by atoms with van der Waals surface area (Å²) in [5.41, 5.74) is 0.883. The van der Waals surface area contributed by atoms with Gasteiger partial charge in [-0.05, 0) is 0 Å². The number of hydrogen-bond acceptors (Lipinski definition) is 4. The summed E-state index contributed by atoms with van der Waals surface area (Å²) in [6.07, 6.45) is 3.31. The van der Waals surface area contributed by atoms with E-state index < -0.39 is 0 Å². The van der Waals surface area contributed by atoms with Crippen LogP contribution in [-0.2, 0) is 5.75 Å². The standard InChI is InChI=1S/C6H9N3S/c1-7-6-5(4-10)8-2-3-9-6/h2-3,10H,4H2,1H3,(H,7,9). The second-order valence-corrected chi connectivity index (χ2v) is 2.08. The highest BCUT2D eigenvalue weighted by Gasteiger charge is 1.97. The molecule has 0 atom stereocenters. The monoisotopic (exact) mass is 155 g/mol. The van der Waals surface area contributed by atoms with Crippen molar-refractivity contribution in [1.82, 2.24) is 9.97 Å². The molecule has 1 heterocycles. The minimum absolute atomic E-state index is 0.615. The number of anilines is 1. The smallest absolute Gasteiger partial charge is 0.148 e. The van der Waals surface area contributed by atoms with E-state index in [2.05, 4.69) is 27.9 Å². The molecule has 1 rings (SSSR count). The molecule has 0 aromatic carbocycles. The van der Waals surface area contributed by atoms with E-state index in [4.69, 9.17) is 0 Å². The average molecular weight is 155 g/mol. The lowest BCUT2D eigenvalue weighted by atomic mass is 10.4. The van der Waals surface area contributed by atoms with Crippen molar-refractivity contribution in [3.05, 3.63) is 18.1 Å². The van der Waals surface area contributed by atoms with E-state index in [1.54, 1.807) is 12.4 Å². The Morgan fingerprint density at radius 1 is 1.50 bits per heavy atom. The van der Waals surface area contributed by atoms with Crippen molar-refractivity contribution in [2.45, 2.75) is 5.75 Å². The second kappa shape index (κ2) is 3.41. The third kappa shape index (κ3) is 1.39. The molecule has 0 radical (unpaired) electrons. The van der Waals surface area contributed by atoms with Gasteiger partial charge in [0.1, 0.15) is 5.82 Å². The summed E-state index contributed by atoms with van der Waals surface area (Å²) < 4.78 is 0. The van der Waals surface area contributed by atoms with Crippen LogP contribution < -0.4 is 5.32 Å². The van der Waals surface area contributed by atoms with Crippen molar-refractivity contribution in [3.8, 4) is 0 Å². The third-order valence-corrected chi connectivity index (χ3v) is 1.46. The van der Waals surface area contributed by atoms with Gasteiger partial charge < -0.3 is 5.32 Å². The molecule has 0 aliphatic rings. The van der Waals surface area contributed by atoms with Crippen LogP contribution in [0.3, 0.4) is 0 Å². The number of rotatable bonds is 2. The van der Waals surface area contributed by atoms with Crippen molar-refractivity contribution >= 4 is 18.4 Å². The SMILES string of the molecule is CNc1nccnc1CS. The Kier molecular flexibility index (Phi) is 2.50. The molecular weight excluding hydrogens is 146 g/mol. The van der Waals surface area contributed by atoms with E-state index in [1.807, 2.05) is 7.05 Å². The maximum absolute atomic E-state index is 4.09. The molecular formula is C6H9N3S. The van der Waals surface area contributed by atoms with Crippen LogP contribution in [-0.4, -0.2) is 17.0 Å². The topological polar surface area (TPSA) is 37.8 Å². The molecule has 3 nitrogen and oxygen atoms in total. The maximum Gasteiger partial charge on any atom is 0.148 e. The number of thiol groups is 1. The molecule has 1 aromatic rings. The summed E-state index contributed by atoms with van der Waals surface area (Å²) in [6.45, 7) is 0. The first-order valence-electron chi connectivity index (χ1n) is 2.97. The summed E-state index contributed by atoms with van der Waals surface area (Å²) in [7, 11) is 1.82. The summed E-state index contributed by atoms with van der Waals surface area (Å²) in [5, 5.41) is 2.92. The molecule has 0 unspecified atom stereocenters. The Labute approximate surface area is 65.3 Å². The van der Waals surface area contributed by atoms with Crippen LogP contribution in [0.2, 0.25) is 0 Å². The largest absolute Gasteiger partial charge is 0.372 e. The zero-order valence-corrected chi connectivity index (χ0v) is 6.60. The normalized spacial score (nSPS) is 9.40. The summed E-state index contributed by atoms with van der Waals surface area (Å²) >= 11 is 4.09. The zero-order chi connectivity index (χ0) is 7.40. The van der Waals surface area contributed by atoms with Gasteiger partial charge in [0, 0.05) is 25.2 Å². The van der Waals surface area contributed by atoms with Gasteiger partial charge in [0.05, 0.1) is 5.69 Å². The minimum Gasteiger partial charge on any atom is -0.372 e. The first kappa shape index (κ1) is 7.34. The highest BCUT2D eigenvalue weighted by Crippen LogP contribution is 2.08. The number of nitrogens with one attached hydrogen (secondary N) is 1. The lowest BCUT2D eigenvalue weighted by Crippen LogP contribution is -1.98. The molecule has 1 aromatic heterocycles. The maximum atomic E-state index is 4.09. The highest BCUT2D eigenvalue weighted by molar-refractivity contribution is 7.79. The number of nitrogens with zero attached hydrogens (tertiary/aromatic N) is 2. The van der Waals surface area contributed by atoms with Crippen LogP contribution in [0.1, 0.15) is 5.69 Å². The fourth-order valence-electron chi connectivity index (χ4n) is 0.691. The fourth-order valence-corrected chi connectivity index (χ4v) is 0.923. The third-order valence-electron chi connectivity index (χ3n) is 1.16. The average Bonchev–Trinajstić information content (AvgIpc) is 2.04.